The largest absolute Gasteiger partial charge is 0.497 e. The van der Waals surface area contributed by atoms with Crippen LogP contribution in [0.2, 0.25) is 0 Å². The quantitative estimate of drug-likeness (QED) is 0.744. The van der Waals surface area contributed by atoms with Gasteiger partial charge in [0, 0.05) is 5.56 Å². The number of nitrogens with zero attached hydrogens (tertiary/aromatic N) is 3. The molecule has 2 aromatic rings. The first-order valence-electron chi connectivity index (χ1n) is 4.59. The van der Waals surface area contributed by atoms with Crippen LogP contribution in [0, 0.1) is 6.92 Å². The number of hydrogen-bond donors (Lipinski definition) is 0. The van der Waals surface area contributed by atoms with Gasteiger partial charge in [-0.25, -0.2) is 15.0 Å². The normalized spacial score (nSPS) is 10.0. The topological polar surface area (TPSA) is 47.9 Å². The smallest absolute Gasteiger partial charge is 0.162 e. The van der Waals surface area contributed by atoms with Gasteiger partial charge in [0.15, 0.2) is 5.82 Å². The van der Waals surface area contributed by atoms with Crippen molar-refractivity contribution in [2.24, 2.45) is 0 Å². The fraction of sp³-hybridized carbons (Fsp3) is 0.182. The molecule has 0 unspecified atom stereocenters. The Morgan fingerprint density at radius 3 is 2.40 bits per heavy atom. The fourth-order valence-electron chi connectivity index (χ4n) is 1.26. The third-order valence-corrected chi connectivity index (χ3v) is 2.04. The van der Waals surface area contributed by atoms with Gasteiger partial charge in [-0.3, -0.25) is 0 Å². The van der Waals surface area contributed by atoms with Crippen LogP contribution in [0.25, 0.3) is 11.4 Å². The summed E-state index contributed by atoms with van der Waals surface area (Å²) < 4.78 is 5.08. The summed E-state index contributed by atoms with van der Waals surface area (Å²) in [5.74, 6) is 2.23. The van der Waals surface area contributed by atoms with E-state index in [0.717, 1.165) is 17.1 Å². The molecule has 4 nitrogen and oxygen atoms in total. The van der Waals surface area contributed by atoms with E-state index in [0.29, 0.717) is 5.82 Å². The van der Waals surface area contributed by atoms with Crippen molar-refractivity contribution in [3.63, 3.8) is 0 Å². The predicted octanol–water partition coefficient (Wildman–Crippen LogP) is 1.86. The summed E-state index contributed by atoms with van der Waals surface area (Å²) in [6.45, 7) is 1.84. The molecule has 0 spiro atoms. The van der Waals surface area contributed by atoms with Crippen LogP contribution in [0.3, 0.4) is 0 Å². The van der Waals surface area contributed by atoms with Gasteiger partial charge in [-0.15, -0.1) is 0 Å². The number of methoxy groups -OCH3 is 1. The minimum Gasteiger partial charge on any atom is -0.497 e. The van der Waals surface area contributed by atoms with E-state index in [-0.39, 0.29) is 0 Å². The summed E-state index contributed by atoms with van der Waals surface area (Å²) in [5.41, 5.74) is 0.960. The van der Waals surface area contributed by atoms with Crippen molar-refractivity contribution in [3.05, 3.63) is 36.4 Å². The van der Waals surface area contributed by atoms with Crippen molar-refractivity contribution in [1.29, 1.82) is 0 Å². The molecule has 0 fully saturated rings. The molecule has 15 heavy (non-hydrogen) atoms. The Balaban J connectivity index is 2.37. The summed E-state index contributed by atoms with van der Waals surface area (Å²) in [6.07, 6.45) is 1.52. The number of hydrogen-bond acceptors (Lipinski definition) is 4. The molecule has 0 aliphatic carbocycles. The van der Waals surface area contributed by atoms with Crippen molar-refractivity contribution in [2.75, 3.05) is 7.11 Å². The molecule has 0 atom stereocenters. The zero-order valence-corrected chi connectivity index (χ0v) is 8.64. The molecule has 0 bridgehead atoms. The van der Waals surface area contributed by atoms with E-state index in [1.165, 1.54) is 6.33 Å². The molecule has 0 saturated heterocycles. The maximum absolute atomic E-state index is 5.08. The van der Waals surface area contributed by atoms with Gasteiger partial charge in [-0.1, -0.05) is 0 Å². The molecular formula is C11H11N3O. The molecule has 1 aromatic heterocycles. The van der Waals surface area contributed by atoms with Gasteiger partial charge in [0.25, 0.3) is 0 Å². The third-order valence-electron chi connectivity index (χ3n) is 2.04. The highest BCUT2D eigenvalue weighted by Gasteiger charge is 2.01. The third kappa shape index (κ3) is 2.10. The molecule has 2 rings (SSSR count). The SMILES string of the molecule is COc1ccc(-c2ncnc(C)n2)cc1. The Labute approximate surface area is 88.0 Å². The van der Waals surface area contributed by atoms with Crippen LogP contribution in [0.5, 0.6) is 5.75 Å². The lowest BCUT2D eigenvalue weighted by molar-refractivity contribution is 0.415. The highest BCUT2D eigenvalue weighted by Crippen LogP contribution is 2.18. The van der Waals surface area contributed by atoms with Crippen molar-refractivity contribution < 1.29 is 4.74 Å². The Kier molecular flexibility index (Phi) is 2.58. The molecule has 1 heterocycles. The number of rotatable bonds is 2. The molecule has 0 amide bonds. The lowest BCUT2D eigenvalue weighted by Gasteiger charge is -2.02. The van der Waals surface area contributed by atoms with Crippen LogP contribution < -0.4 is 4.74 Å². The van der Waals surface area contributed by atoms with Crippen molar-refractivity contribution in [2.45, 2.75) is 6.92 Å². The maximum atomic E-state index is 5.08. The summed E-state index contributed by atoms with van der Waals surface area (Å²) in [6, 6.07) is 7.62. The van der Waals surface area contributed by atoms with Gasteiger partial charge in [-0.05, 0) is 31.2 Å². The van der Waals surface area contributed by atoms with Crippen LogP contribution in [-0.2, 0) is 0 Å². The van der Waals surface area contributed by atoms with Gasteiger partial charge in [-0.2, -0.15) is 0 Å². The van der Waals surface area contributed by atoms with E-state index in [2.05, 4.69) is 15.0 Å². The molecule has 76 valence electrons. The predicted molar refractivity (Wildman–Crippen MR) is 56.6 cm³/mol. The monoisotopic (exact) mass is 201 g/mol. The van der Waals surface area contributed by atoms with E-state index >= 15 is 0 Å². The number of aryl methyl sites for hydroxylation is 1. The second-order valence-electron chi connectivity index (χ2n) is 3.08. The van der Waals surface area contributed by atoms with E-state index in [4.69, 9.17) is 4.74 Å². The number of benzene rings is 1. The Morgan fingerprint density at radius 1 is 1.07 bits per heavy atom. The van der Waals surface area contributed by atoms with Gasteiger partial charge in [0.05, 0.1) is 7.11 Å². The average Bonchev–Trinajstić information content (AvgIpc) is 2.29. The van der Waals surface area contributed by atoms with Crippen LogP contribution in [0.4, 0.5) is 0 Å². The standard InChI is InChI=1S/C11H11N3O/c1-8-12-7-13-11(14-8)9-3-5-10(15-2)6-4-9/h3-7H,1-2H3. The highest BCUT2D eigenvalue weighted by atomic mass is 16.5. The number of ether oxygens (including phenoxy) is 1. The Bertz CT molecular complexity index is 454. The average molecular weight is 201 g/mol. The van der Waals surface area contributed by atoms with Gasteiger partial charge in [0.1, 0.15) is 17.9 Å². The first-order valence-corrected chi connectivity index (χ1v) is 4.59. The minimum absolute atomic E-state index is 0.685. The van der Waals surface area contributed by atoms with Gasteiger partial charge < -0.3 is 4.74 Å². The minimum atomic E-state index is 0.685. The molecule has 0 radical (unpaired) electrons. The van der Waals surface area contributed by atoms with E-state index in [1.54, 1.807) is 7.11 Å². The maximum Gasteiger partial charge on any atom is 0.162 e. The van der Waals surface area contributed by atoms with Crippen molar-refractivity contribution in [3.8, 4) is 17.1 Å². The zero-order chi connectivity index (χ0) is 10.7. The second kappa shape index (κ2) is 4.04. The number of aromatic nitrogens is 3. The van der Waals surface area contributed by atoms with Gasteiger partial charge >= 0.3 is 0 Å². The summed E-state index contributed by atoms with van der Waals surface area (Å²) in [4.78, 5) is 12.3. The molecular weight excluding hydrogens is 190 g/mol. The van der Waals surface area contributed by atoms with E-state index in [1.807, 2.05) is 31.2 Å². The summed E-state index contributed by atoms with van der Waals surface area (Å²) in [7, 11) is 1.64. The Morgan fingerprint density at radius 2 is 1.80 bits per heavy atom. The van der Waals surface area contributed by atoms with Crippen LogP contribution >= 0.6 is 0 Å². The summed E-state index contributed by atoms with van der Waals surface area (Å²) >= 11 is 0. The molecule has 0 aliphatic rings. The molecule has 1 aromatic carbocycles. The molecule has 0 N–H and O–H groups in total. The molecule has 0 aliphatic heterocycles. The van der Waals surface area contributed by atoms with E-state index < -0.39 is 0 Å². The Hall–Kier alpha value is -1.97. The first-order chi connectivity index (χ1) is 7.29. The van der Waals surface area contributed by atoms with Crippen LogP contribution in [0.15, 0.2) is 30.6 Å². The van der Waals surface area contributed by atoms with E-state index in [9.17, 15) is 0 Å². The summed E-state index contributed by atoms with van der Waals surface area (Å²) in [5, 5.41) is 0. The van der Waals surface area contributed by atoms with Crippen LogP contribution in [0.1, 0.15) is 5.82 Å². The highest BCUT2D eigenvalue weighted by molar-refractivity contribution is 5.55. The molecule has 4 heteroatoms. The lowest BCUT2D eigenvalue weighted by Crippen LogP contribution is -1.93. The second-order valence-corrected chi connectivity index (χ2v) is 3.08. The first kappa shape index (κ1) is 9.58. The lowest BCUT2D eigenvalue weighted by atomic mass is 10.2. The van der Waals surface area contributed by atoms with Crippen LogP contribution in [-0.4, -0.2) is 22.1 Å². The van der Waals surface area contributed by atoms with Crippen molar-refractivity contribution >= 4 is 0 Å². The fourth-order valence-corrected chi connectivity index (χ4v) is 1.26. The van der Waals surface area contributed by atoms with Crippen molar-refractivity contribution in [1.82, 2.24) is 15.0 Å². The molecule has 0 saturated carbocycles. The van der Waals surface area contributed by atoms with Gasteiger partial charge in [0.2, 0.25) is 0 Å². The zero-order valence-electron chi connectivity index (χ0n) is 8.64.